The van der Waals surface area contributed by atoms with Gasteiger partial charge in [0.2, 0.25) is 21.8 Å². The molecule has 1 heterocycles. The van der Waals surface area contributed by atoms with E-state index in [1.165, 1.54) is 4.90 Å². The van der Waals surface area contributed by atoms with Crippen LogP contribution in [0.5, 0.6) is 0 Å². The predicted molar refractivity (Wildman–Crippen MR) is 123 cm³/mol. The van der Waals surface area contributed by atoms with Crippen molar-refractivity contribution in [2.24, 2.45) is 5.92 Å². The number of carbonyl (C=O) groups is 4. The normalized spacial score (nSPS) is 19.0. The number of nitrogens with one attached hydrogen (secondary N) is 1. The number of hydrogen-bond donors (Lipinski definition) is 2. The smallest absolute Gasteiger partial charge is 0.374 e. The van der Waals surface area contributed by atoms with Gasteiger partial charge in [0.15, 0.2) is 0 Å². The second-order valence-electron chi connectivity index (χ2n) is 8.69. The summed E-state index contributed by atoms with van der Waals surface area (Å²) in [5.41, 5.74) is 1.63. The highest BCUT2D eigenvalue weighted by Crippen LogP contribution is 2.30. The molecule has 2 N–H and O–H groups in total. The van der Waals surface area contributed by atoms with Gasteiger partial charge < -0.3 is 15.3 Å². The number of amides is 2. The fourth-order valence-corrected chi connectivity index (χ4v) is 5.74. The molecule has 1 saturated heterocycles. The van der Waals surface area contributed by atoms with Gasteiger partial charge in [0, 0.05) is 13.1 Å². The van der Waals surface area contributed by atoms with Crippen molar-refractivity contribution in [1.29, 1.82) is 0 Å². The number of allylic oxidation sites excluding steroid dienone is 1. The number of Topliss-reactive ketones (excluding diaryl/α,β-unsaturated/α-hetero) is 1. The molecule has 2 amide bonds. The van der Waals surface area contributed by atoms with Gasteiger partial charge in [-0.25, -0.2) is 13.2 Å². The van der Waals surface area contributed by atoms with Crippen LogP contribution in [0.3, 0.4) is 0 Å². The van der Waals surface area contributed by atoms with Gasteiger partial charge in [0.05, 0.1) is 18.8 Å². The van der Waals surface area contributed by atoms with Gasteiger partial charge in [-0.05, 0) is 37.2 Å². The number of aliphatic carboxylic acids is 1. The van der Waals surface area contributed by atoms with Crippen molar-refractivity contribution in [3.63, 3.8) is 0 Å². The largest absolute Gasteiger partial charge is 0.475 e. The van der Waals surface area contributed by atoms with Crippen LogP contribution in [0.4, 0.5) is 0 Å². The van der Waals surface area contributed by atoms with Crippen LogP contribution in [0.15, 0.2) is 42.5 Å². The Hall–Kier alpha value is -3.05. The summed E-state index contributed by atoms with van der Waals surface area (Å²) < 4.78 is 26.5. The average Bonchev–Trinajstić information content (AvgIpc) is 2.79. The molecule has 11 heteroatoms. The van der Waals surface area contributed by atoms with E-state index < -0.39 is 39.6 Å². The lowest BCUT2D eigenvalue weighted by atomic mass is 9.80. The molecule has 1 saturated carbocycles. The SMILES string of the molecule is C=C1CCC(C(NC(=O)CN2CCN(S(=O)(=O)Cc3ccccc3)CC2=O)C(=O)C(=O)O)CC1. The molecular weight excluding hydrogens is 462 g/mol. The van der Waals surface area contributed by atoms with Crippen LogP contribution in [0.1, 0.15) is 31.2 Å². The molecule has 10 nitrogen and oxygen atoms in total. The van der Waals surface area contributed by atoms with Gasteiger partial charge in [-0.1, -0.05) is 42.5 Å². The maximum atomic E-state index is 12.7. The molecule has 3 rings (SSSR count). The summed E-state index contributed by atoms with van der Waals surface area (Å²) in [6.07, 6.45) is 2.39. The van der Waals surface area contributed by atoms with Crippen LogP contribution in [0.25, 0.3) is 0 Å². The number of carboxylic acid groups (broad SMARTS) is 1. The van der Waals surface area contributed by atoms with E-state index in [2.05, 4.69) is 11.9 Å². The number of piperazine rings is 1. The summed E-state index contributed by atoms with van der Waals surface area (Å²) in [6.45, 7) is 3.19. The number of ketones is 1. The van der Waals surface area contributed by atoms with E-state index in [1.807, 2.05) is 0 Å². The molecule has 1 aromatic carbocycles. The predicted octanol–water partition coefficient (Wildman–Crippen LogP) is 0.546. The van der Waals surface area contributed by atoms with Crippen molar-refractivity contribution < 1.29 is 32.7 Å². The first-order chi connectivity index (χ1) is 16.1. The maximum Gasteiger partial charge on any atom is 0.374 e. The van der Waals surface area contributed by atoms with E-state index in [0.717, 1.165) is 9.88 Å². The van der Waals surface area contributed by atoms with Crippen molar-refractivity contribution in [3.05, 3.63) is 48.0 Å². The first-order valence-corrected chi connectivity index (χ1v) is 12.7. The summed E-state index contributed by atoms with van der Waals surface area (Å²) in [4.78, 5) is 49.9. The number of nitrogens with zero attached hydrogens (tertiary/aromatic N) is 2. The molecule has 1 unspecified atom stereocenters. The quantitative estimate of drug-likeness (QED) is 0.379. The van der Waals surface area contributed by atoms with E-state index in [-0.39, 0.29) is 37.8 Å². The zero-order chi connectivity index (χ0) is 24.9. The highest BCUT2D eigenvalue weighted by atomic mass is 32.2. The lowest BCUT2D eigenvalue weighted by molar-refractivity contribution is -0.151. The highest BCUT2D eigenvalue weighted by molar-refractivity contribution is 7.88. The number of rotatable bonds is 9. The van der Waals surface area contributed by atoms with Crippen LogP contribution in [0, 0.1) is 5.92 Å². The topological polar surface area (TPSA) is 141 Å². The summed E-state index contributed by atoms with van der Waals surface area (Å²) in [7, 11) is -3.71. The molecule has 1 aliphatic carbocycles. The van der Waals surface area contributed by atoms with E-state index in [4.69, 9.17) is 0 Å². The minimum absolute atomic E-state index is 0.0149. The number of hydrogen-bond acceptors (Lipinski definition) is 6. The Balaban J connectivity index is 1.58. The molecule has 1 atom stereocenters. The van der Waals surface area contributed by atoms with Gasteiger partial charge in [-0.3, -0.25) is 14.4 Å². The monoisotopic (exact) mass is 491 g/mol. The standard InChI is InChI=1S/C23H29N3O7S/c1-16-7-9-18(10-8-16)21(22(29)23(30)31)24-19(27)13-25-11-12-26(14-20(25)28)34(32,33)15-17-5-3-2-4-6-17/h2-6,18,21H,1,7-15H2,(H,24,27)(H,30,31). The lowest BCUT2D eigenvalue weighted by Crippen LogP contribution is -2.56. The molecule has 2 fully saturated rings. The third-order valence-corrected chi connectivity index (χ3v) is 8.02. The molecule has 1 aliphatic heterocycles. The molecule has 2 aliphatic rings. The van der Waals surface area contributed by atoms with Crippen LogP contribution in [0.2, 0.25) is 0 Å². The molecular formula is C23H29N3O7S. The third kappa shape index (κ3) is 6.51. The van der Waals surface area contributed by atoms with Crippen molar-refractivity contribution >= 4 is 33.6 Å². The van der Waals surface area contributed by atoms with Crippen LogP contribution >= 0.6 is 0 Å². The van der Waals surface area contributed by atoms with Gasteiger partial charge >= 0.3 is 5.97 Å². The van der Waals surface area contributed by atoms with Crippen molar-refractivity contribution in [2.45, 2.75) is 37.5 Å². The number of carbonyl (C=O) groups excluding carboxylic acids is 3. The Morgan fingerprint density at radius 3 is 2.35 bits per heavy atom. The Bertz CT molecular complexity index is 1060. The Morgan fingerprint density at radius 2 is 1.76 bits per heavy atom. The van der Waals surface area contributed by atoms with Gasteiger partial charge in [-0.2, -0.15) is 4.31 Å². The first-order valence-electron chi connectivity index (χ1n) is 11.1. The second-order valence-corrected chi connectivity index (χ2v) is 10.7. The van der Waals surface area contributed by atoms with Crippen molar-refractivity contribution in [1.82, 2.24) is 14.5 Å². The fourth-order valence-electron chi connectivity index (χ4n) is 4.27. The zero-order valence-corrected chi connectivity index (χ0v) is 19.6. The Morgan fingerprint density at radius 1 is 1.12 bits per heavy atom. The molecule has 0 bridgehead atoms. The Labute approximate surface area is 198 Å². The third-order valence-electron chi connectivity index (χ3n) is 6.22. The number of sulfonamides is 1. The fraction of sp³-hybridized carbons (Fsp3) is 0.478. The first kappa shape index (κ1) is 25.6. The highest BCUT2D eigenvalue weighted by Gasteiger charge is 2.37. The van der Waals surface area contributed by atoms with Crippen molar-refractivity contribution in [3.8, 4) is 0 Å². The van der Waals surface area contributed by atoms with Crippen LogP contribution < -0.4 is 5.32 Å². The van der Waals surface area contributed by atoms with Crippen LogP contribution in [-0.2, 0) is 35.0 Å². The summed E-state index contributed by atoms with van der Waals surface area (Å²) in [5.74, 6) is -4.45. The average molecular weight is 492 g/mol. The maximum absolute atomic E-state index is 12.7. The molecule has 34 heavy (non-hydrogen) atoms. The molecule has 0 radical (unpaired) electrons. The number of benzene rings is 1. The van der Waals surface area contributed by atoms with E-state index in [1.54, 1.807) is 30.3 Å². The van der Waals surface area contributed by atoms with Gasteiger partial charge in [0.25, 0.3) is 5.78 Å². The van der Waals surface area contributed by atoms with E-state index >= 15 is 0 Å². The molecule has 184 valence electrons. The minimum Gasteiger partial charge on any atom is -0.475 e. The minimum atomic E-state index is -3.71. The van der Waals surface area contributed by atoms with Crippen molar-refractivity contribution in [2.75, 3.05) is 26.2 Å². The van der Waals surface area contributed by atoms with Gasteiger partial charge in [0.1, 0.15) is 6.04 Å². The summed E-state index contributed by atoms with van der Waals surface area (Å²) in [5, 5.41) is 11.7. The van der Waals surface area contributed by atoms with Crippen LogP contribution in [-0.4, -0.2) is 78.5 Å². The summed E-state index contributed by atoms with van der Waals surface area (Å²) >= 11 is 0. The summed E-state index contributed by atoms with van der Waals surface area (Å²) in [6, 6.07) is 7.45. The van der Waals surface area contributed by atoms with E-state index in [9.17, 15) is 32.7 Å². The lowest BCUT2D eigenvalue weighted by Gasteiger charge is -2.34. The number of carboxylic acids is 1. The second kappa shape index (κ2) is 10.9. The zero-order valence-electron chi connectivity index (χ0n) is 18.8. The Kier molecular flexibility index (Phi) is 8.21. The van der Waals surface area contributed by atoms with E-state index in [0.29, 0.717) is 31.2 Å². The molecule has 0 spiro atoms. The van der Waals surface area contributed by atoms with Gasteiger partial charge in [-0.15, -0.1) is 0 Å². The molecule has 1 aromatic rings. The molecule has 0 aromatic heterocycles.